The monoisotopic (exact) mass is 690 g/mol. The molecule has 0 N–H and O–H groups in total. The Kier molecular flexibility index (Phi) is 7.90. The first-order valence-electron chi connectivity index (χ1n) is 18.3. The lowest BCUT2D eigenvalue weighted by molar-refractivity contribution is 1.65. The summed E-state index contributed by atoms with van der Waals surface area (Å²) in [6.45, 7) is 0. The SMILES string of the molecule is c1ccc(P(c2ccccc2)c2ccc(-c3ccc4c(-c5ccc6ccccc6c5)c5ccccc5c(-c5ccc6ccccc6c5)c4c3)cc2)cc1. The molecule has 0 fully saturated rings. The van der Waals surface area contributed by atoms with E-state index < -0.39 is 7.92 Å². The number of hydrogen-bond acceptors (Lipinski definition) is 0. The van der Waals surface area contributed by atoms with Crippen LogP contribution in [0.15, 0.2) is 212 Å². The highest BCUT2D eigenvalue weighted by Gasteiger charge is 2.19. The molecule has 0 radical (unpaired) electrons. The Labute approximate surface area is 311 Å². The van der Waals surface area contributed by atoms with Crippen molar-refractivity contribution in [2.24, 2.45) is 0 Å². The van der Waals surface area contributed by atoms with Gasteiger partial charge in [0.15, 0.2) is 0 Å². The molecule has 0 heterocycles. The standard InChI is InChI=1S/C52H35P/c1-3-17-44(18-4-1)53(45-19-5-2-6-20-45)46-30-27-38(28-31-46)41-29-32-49-50(35-41)52(43-26-24-37-14-8-10-16-40(37)34-43)48-22-12-11-21-47(48)51(49)42-25-23-36-13-7-9-15-39(36)33-42/h1-35H. The van der Waals surface area contributed by atoms with Gasteiger partial charge in [-0.3, -0.25) is 0 Å². The third-order valence-electron chi connectivity index (χ3n) is 10.6. The van der Waals surface area contributed by atoms with Gasteiger partial charge in [-0.15, -0.1) is 0 Å². The lowest BCUT2D eigenvalue weighted by Gasteiger charge is -2.20. The Hall–Kier alpha value is -6.33. The quantitative estimate of drug-likeness (QED) is 0.120. The van der Waals surface area contributed by atoms with Gasteiger partial charge in [-0.2, -0.15) is 0 Å². The van der Waals surface area contributed by atoms with E-state index in [0.29, 0.717) is 0 Å². The minimum atomic E-state index is -0.669. The third-order valence-corrected chi connectivity index (χ3v) is 13.0. The van der Waals surface area contributed by atoms with Crippen LogP contribution in [0.5, 0.6) is 0 Å². The summed E-state index contributed by atoms with van der Waals surface area (Å²) in [6, 6.07) is 78.5. The molecule has 10 aromatic rings. The van der Waals surface area contributed by atoms with Crippen molar-refractivity contribution < 1.29 is 0 Å². The second-order valence-corrected chi connectivity index (χ2v) is 16.0. The van der Waals surface area contributed by atoms with Crippen LogP contribution in [-0.4, -0.2) is 0 Å². The first-order valence-corrected chi connectivity index (χ1v) is 19.6. The highest BCUT2D eigenvalue weighted by Crippen LogP contribution is 2.46. The normalized spacial score (nSPS) is 11.6. The molecule has 0 aliphatic rings. The minimum Gasteiger partial charge on any atom is -0.0622 e. The molecule has 10 aromatic carbocycles. The maximum atomic E-state index is 2.43. The first kappa shape index (κ1) is 31.4. The zero-order valence-electron chi connectivity index (χ0n) is 29.2. The summed E-state index contributed by atoms with van der Waals surface area (Å²) in [7, 11) is -0.669. The average Bonchev–Trinajstić information content (AvgIpc) is 3.23. The maximum Gasteiger partial charge on any atom is -0.00259 e. The molecular weight excluding hydrogens is 656 g/mol. The van der Waals surface area contributed by atoms with Crippen LogP contribution in [0.1, 0.15) is 0 Å². The van der Waals surface area contributed by atoms with Crippen molar-refractivity contribution in [3.63, 3.8) is 0 Å². The van der Waals surface area contributed by atoms with Crippen molar-refractivity contribution in [2.75, 3.05) is 0 Å². The minimum absolute atomic E-state index is 0.669. The number of hydrogen-bond donors (Lipinski definition) is 0. The molecule has 53 heavy (non-hydrogen) atoms. The molecule has 0 nitrogen and oxygen atoms in total. The largest absolute Gasteiger partial charge is 0.0622 e. The van der Waals surface area contributed by atoms with Crippen molar-refractivity contribution in [1.29, 1.82) is 0 Å². The predicted octanol–water partition coefficient (Wildman–Crippen LogP) is 13.1. The highest BCUT2D eigenvalue weighted by molar-refractivity contribution is 7.79. The molecule has 0 aromatic heterocycles. The first-order chi connectivity index (χ1) is 26.3. The lowest BCUT2D eigenvalue weighted by Crippen LogP contribution is -2.20. The van der Waals surface area contributed by atoms with Gasteiger partial charge in [-0.1, -0.05) is 194 Å². The lowest BCUT2D eigenvalue weighted by atomic mass is 9.84. The molecule has 10 rings (SSSR count). The molecular formula is C52H35P. The molecule has 0 unspecified atom stereocenters. The van der Waals surface area contributed by atoms with Crippen LogP contribution in [-0.2, 0) is 0 Å². The molecule has 0 amide bonds. The van der Waals surface area contributed by atoms with E-state index in [9.17, 15) is 0 Å². The Morgan fingerprint density at radius 1 is 0.226 bits per heavy atom. The Morgan fingerprint density at radius 3 is 1.17 bits per heavy atom. The van der Waals surface area contributed by atoms with E-state index in [1.807, 2.05) is 0 Å². The van der Waals surface area contributed by atoms with Gasteiger partial charge in [-0.05, 0) is 119 Å². The van der Waals surface area contributed by atoms with Gasteiger partial charge in [-0.25, -0.2) is 0 Å². The van der Waals surface area contributed by atoms with E-state index in [2.05, 4.69) is 212 Å². The summed E-state index contributed by atoms with van der Waals surface area (Å²) >= 11 is 0. The van der Waals surface area contributed by atoms with Crippen LogP contribution < -0.4 is 15.9 Å². The Balaban J connectivity index is 1.19. The molecule has 0 aliphatic carbocycles. The predicted molar refractivity (Wildman–Crippen MR) is 231 cm³/mol. The highest BCUT2D eigenvalue weighted by atomic mass is 31.1. The van der Waals surface area contributed by atoms with Gasteiger partial charge in [0.2, 0.25) is 0 Å². The van der Waals surface area contributed by atoms with Crippen LogP contribution in [0.3, 0.4) is 0 Å². The maximum absolute atomic E-state index is 2.43. The van der Waals surface area contributed by atoms with Crippen molar-refractivity contribution >= 4 is 66.9 Å². The summed E-state index contributed by atoms with van der Waals surface area (Å²) in [5.41, 5.74) is 7.47. The molecule has 248 valence electrons. The summed E-state index contributed by atoms with van der Waals surface area (Å²) in [4.78, 5) is 0. The molecule has 0 atom stereocenters. The zero-order valence-corrected chi connectivity index (χ0v) is 30.0. The van der Waals surface area contributed by atoms with Crippen LogP contribution in [0.25, 0.3) is 76.5 Å². The summed E-state index contributed by atoms with van der Waals surface area (Å²) in [6.07, 6.45) is 0. The van der Waals surface area contributed by atoms with Gasteiger partial charge >= 0.3 is 0 Å². The van der Waals surface area contributed by atoms with Crippen LogP contribution in [0.4, 0.5) is 0 Å². The fourth-order valence-electron chi connectivity index (χ4n) is 8.07. The van der Waals surface area contributed by atoms with Gasteiger partial charge in [0.05, 0.1) is 0 Å². The second kappa shape index (κ2) is 13.3. The molecule has 0 saturated heterocycles. The van der Waals surface area contributed by atoms with E-state index in [0.717, 1.165) is 0 Å². The Morgan fingerprint density at radius 2 is 0.623 bits per heavy atom. The van der Waals surface area contributed by atoms with Gasteiger partial charge < -0.3 is 0 Å². The molecule has 1 heteroatoms. The molecule has 0 aliphatic heterocycles. The smallest absolute Gasteiger partial charge is 0.00259 e. The number of fused-ring (bicyclic) bond motifs is 4. The van der Waals surface area contributed by atoms with E-state index in [-0.39, 0.29) is 0 Å². The summed E-state index contributed by atoms with van der Waals surface area (Å²) < 4.78 is 0. The number of rotatable bonds is 6. The fourth-order valence-corrected chi connectivity index (χ4v) is 10.4. The van der Waals surface area contributed by atoms with E-state index in [1.54, 1.807) is 0 Å². The van der Waals surface area contributed by atoms with E-state index in [1.165, 1.54) is 92.4 Å². The summed E-state index contributed by atoms with van der Waals surface area (Å²) in [5.74, 6) is 0. The van der Waals surface area contributed by atoms with Crippen LogP contribution >= 0.6 is 7.92 Å². The Bertz CT molecular complexity index is 2890. The van der Waals surface area contributed by atoms with E-state index >= 15 is 0 Å². The summed E-state index contributed by atoms with van der Waals surface area (Å²) in [5, 5.41) is 14.1. The van der Waals surface area contributed by atoms with Crippen molar-refractivity contribution in [3.8, 4) is 33.4 Å². The number of benzene rings is 10. The van der Waals surface area contributed by atoms with Crippen molar-refractivity contribution in [1.82, 2.24) is 0 Å². The molecule has 0 saturated carbocycles. The van der Waals surface area contributed by atoms with Crippen LogP contribution in [0.2, 0.25) is 0 Å². The molecule has 0 bridgehead atoms. The van der Waals surface area contributed by atoms with Crippen molar-refractivity contribution in [2.45, 2.75) is 0 Å². The van der Waals surface area contributed by atoms with Gasteiger partial charge in [0.25, 0.3) is 0 Å². The van der Waals surface area contributed by atoms with E-state index in [4.69, 9.17) is 0 Å². The average molecular weight is 691 g/mol. The van der Waals surface area contributed by atoms with Gasteiger partial charge in [0.1, 0.15) is 0 Å². The van der Waals surface area contributed by atoms with Gasteiger partial charge in [0, 0.05) is 0 Å². The fraction of sp³-hybridized carbons (Fsp3) is 0. The third kappa shape index (κ3) is 5.69. The topological polar surface area (TPSA) is 0 Å². The van der Waals surface area contributed by atoms with Crippen LogP contribution in [0, 0.1) is 0 Å². The van der Waals surface area contributed by atoms with Crippen molar-refractivity contribution in [3.05, 3.63) is 212 Å². The molecule has 0 spiro atoms. The second-order valence-electron chi connectivity index (χ2n) is 13.7. The zero-order chi connectivity index (χ0) is 35.1.